The molecule has 2 aromatic carbocycles. The normalized spacial score (nSPS) is 11.0. The van der Waals surface area contributed by atoms with Gasteiger partial charge in [0.1, 0.15) is 0 Å². The average molecular weight is 363 g/mol. The number of carbonyl (C=O) groups is 1. The SMILES string of the molecule is Cc1cccc(NC(=O)Nc2cn(CC(C)C)c(=O)c3ccccc23)c1C. The number of fused-ring (bicyclic) bond motifs is 1. The number of urea groups is 1. The Balaban J connectivity index is 1.96. The van der Waals surface area contributed by atoms with Gasteiger partial charge in [0.2, 0.25) is 0 Å². The van der Waals surface area contributed by atoms with Gasteiger partial charge < -0.3 is 15.2 Å². The Hall–Kier alpha value is -3.08. The molecule has 0 aliphatic rings. The lowest BCUT2D eigenvalue weighted by Gasteiger charge is -2.16. The molecular formula is C22H25N3O2. The van der Waals surface area contributed by atoms with E-state index < -0.39 is 0 Å². The van der Waals surface area contributed by atoms with Crippen LogP contribution in [-0.4, -0.2) is 10.6 Å². The first-order chi connectivity index (χ1) is 12.9. The third-order valence-corrected chi connectivity index (χ3v) is 4.66. The zero-order valence-corrected chi connectivity index (χ0v) is 16.2. The second-order valence-corrected chi connectivity index (χ2v) is 7.27. The highest BCUT2D eigenvalue weighted by molar-refractivity contribution is 6.06. The molecule has 1 heterocycles. The second-order valence-electron chi connectivity index (χ2n) is 7.27. The minimum absolute atomic E-state index is 0.0419. The fourth-order valence-corrected chi connectivity index (χ4v) is 3.13. The molecule has 5 heteroatoms. The minimum atomic E-state index is -0.330. The fourth-order valence-electron chi connectivity index (χ4n) is 3.13. The monoisotopic (exact) mass is 363 g/mol. The Morgan fingerprint density at radius 1 is 0.963 bits per heavy atom. The van der Waals surface area contributed by atoms with E-state index in [0.717, 1.165) is 22.2 Å². The van der Waals surface area contributed by atoms with Crippen molar-refractivity contribution in [2.45, 2.75) is 34.2 Å². The Morgan fingerprint density at radius 2 is 1.63 bits per heavy atom. The molecule has 2 amide bonds. The molecule has 0 radical (unpaired) electrons. The minimum Gasteiger partial charge on any atom is -0.313 e. The zero-order valence-electron chi connectivity index (χ0n) is 16.2. The molecule has 0 atom stereocenters. The largest absolute Gasteiger partial charge is 0.323 e. The first-order valence-corrected chi connectivity index (χ1v) is 9.13. The summed E-state index contributed by atoms with van der Waals surface area (Å²) in [6.07, 6.45) is 1.73. The van der Waals surface area contributed by atoms with Gasteiger partial charge in [-0.25, -0.2) is 4.79 Å². The van der Waals surface area contributed by atoms with Crippen LogP contribution in [0.1, 0.15) is 25.0 Å². The molecule has 0 unspecified atom stereocenters. The van der Waals surface area contributed by atoms with E-state index in [1.807, 2.05) is 50.2 Å². The van der Waals surface area contributed by atoms with Crippen LogP contribution in [0, 0.1) is 19.8 Å². The summed E-state index contributed by atoms with van der Waals surface area (Å²) >= 11 is 0. The van der Waals surface area contributed by atoms with Crippen molar-refractivity contribution in [2.24, 2.45) is 5.92 Å². The van der Waals surface area contributed by atoms with Gasteiger partial charge in [-0.2, -0.15) is 0 Å². The van der Waals surface area contributed by atoms with E-state index >= 15 is 0 Å². The van der Waals surface area contributed by atoms with Gasteiger partial charge in [0.05, 0.1) is 5.69 Å². The maximum absolute atomic E-state index is 12.7. The van der Waals surface area contributed by atoms with Crippen LogP contribution in [0.4, 0.5) is 16.2 Å². The number of amides is 2. The first kappa shape index (κ1) is 18.7. The highest BCUT2D eigenvalue weighted by Crippen LogP contribution is 2.22. The summed E-state index contributed by atoms with van der Waals surface area (Å²) in [5.41, 5.74) is 3.49. The van der Waals surface area contributed by atoms with Crippen LogP contribution >= 0.6 is 0 Å². The van der Waals surface area contributed by atoms with Crippen molar-refractivity contribution >= 4 is 28.2 Å². The molecule has 0 bridgehead atoms. The molecule has 0 spiro atoms. The van der Waals surface area contributed by atoms with E-state index in [-0.39, 0.29) is 11.6 Å². The third kappa shape index (κ3) is 4.03. The highest BCUT2D eigenvalue weighted by Gasteiger charge is 2.12. The first-order valence-electron chi connectivity index (χ1n) is 9.13. The summed E-state index contributed by atoms with van der Waals surface area (Å²) in [5.74, 6) is 0.320. The number of hydrogen-bond acceptors (Lipinski definition) is 2. The molecule has 3 rings (SSSR count). The van der Waals surface area contributed by atoms with Crippen LogP contribution in [0.5, 0.6) is 0 Å². The Kier molecular flexibility index (Phi) is 5.31. The summed E-state index contributed by atoms with van der Waals surface area (Å²) in [5, 5.41) is 7.15. The maximum Gasteiger partial charge on any atom is 0.323 e. The number of hydrogen-bond donors (Lipinski definition) is 2. The number of pyridine rings is 1. The molecular weight excluding hydrogens is 338 g/mol. The summed E-state index contributed by atoms with van der Waals surface area (Å²) in [6.45, 7) is 8.69. The number of nitrogens with zero attached hydrogens (tertiary/aromatic N) is 1. The van der Waals surface area contributed by atoms with E-state index in [1.165, 1.54) is 0 Å². The number of anilines is 2. The standard InChI is InChI=1S/C22H25N3O2/c1-14(2)12-25-13-20(17-9-5-6-10-18(17)21(25)26)24-22(27)23-19-11-7-8-15(3)16(19)4/h5-11,13-14H,12H2,1-4H3,(H2,23,24,27). The molecule has 5 nitrogen and oxygen atoms in total. The van der Waals surface area contributed by atoms with Gasteiger partial charge in [-0.05, 0) is 43.0 Å². The Morgan fingerprint density at radius 3 is 2.33 bits per heavy atom. The summed E-state index contributed by atoms with van der Waals surface area (Å²) in [7, 11) is 0. The summed E-state index contributed by atoms with van der Waals surface area (Å²) < 4.78 is 1.67. The van der Waals surface area contributed by atoms with Crippen LogP contribution in [-0.2, 0) is 6.54 Å². The third-order valence-electron chi connectivity index (χ3n) is 4.66. The zero-order chi connectivity index (χ0) is 19.6. The number of nitrogens with one attached hydrogen (secondary N) is 2. The van der Waals surface area contributed by atoms with Crippen molar-refractivity contribution < 1.29 is 4.79 Å². The van der Waals surface area contributed by atoms with Crippen LogP contribution in [0.3, 0.4) is 0 Å². The van der Waals surface area contributed by atoms with Gasteiger partial charge >= 0.3 is 6.03 Å². The lowest BCUT2D eigenvalue weighted by molar-refractivity contribution is 0.262. The summed E-state index contributed by atoms with van der Waals surface area (Å²) in [4.78, 5) is 25.3. The van der Waals surface area contributed by atoms with Crippen molar-refractivity contribution in [2.75, 3.05) is 10.6 Å². The highest BCUT2D eigenvalue weighted by atomic mass is 16.2. The molecule has 3 aromatic rings. The van der Waals surface area contributed by atoms with E-state index in [4.69, 9.17) is 0 Å². The van der Waals surface area contributed by atoms with E-state index in [9.17, 15) is 9.59 Å². The number of aromatic nitrogens is 1. The van der Waals surface area contributed by atoms with Crippen molar-refractivity contribution in [1.29, 1.82) is 0 Å². The topological polar surface area (TPSA) is 63.1 Å². The van der Waals surface area contributed by atoms with E-state index in [2.05, 4.69) is 24.5 Å². The molecule has 0 saturated heterocycles. The predicted octanol–water partition coefficient (Wildman–Crippen LogP) is 4.92. The maximum atomic E-state index is 12.7. The van der Waals surface area contributed by atoms with Crippen molar-refractivity contribution in [3.05, 3.63) is 70.1 Å². The van der Waals surface area contributed by atoms with Gasteiger partial charge in [-0.3, -0.25) is 4.79 Å². The lowest BCUT2D eigenvalue weighted by Crippen LogP contribution is -2.25. The average Bonchev–Trinajstić information content (AvgIpc) is 2.62. The number of benzene rings is 2. The van der Waals surface area contributed by atoms with Crippen LogP contribution < -0.4 is 16.2 Å². The second kappa shape index (κ2) is 7.66. The molecule has 140 valence electrons. The van der Waals surface area contributed by atoms with Crippen LogP contribution in [0.2, 0.25) is 0 Å². The number of rotatable bonds is 4. The molecule has 0 aliphatic heterocycles. The van der Waals surface area contributed by atoms with Gasteiger partial charge in [-0.15, -0.1) is 0 Å². The molecule has 0 aliphatic carbocycles. The predicted molar refractivity (Wildman–Crippen MR) is 112 cm³/mol. The van der Waals surface area contributed by atoms with Gasteiger partial charge in [-0.1, -0.05) is 44.2 Å². The van der Waals surface area contributed by atoms with Gasteiger partial charge in [0, 0.05) is 29.2 Å². The van der Waals surface area contributed by atoms with E-state index in [1.54, 1.807) is 16.8 Å². The van der Waals surface area contributed by atoms with Crippen LogP contribution in [0.15, 0.2) is 53.5 Å². The van der Waals surface area contributed by atoms with Crippen molar-refractivity contribution in [3.8, 4) is 0 Å². The number of aryl methyl sites for hydroxylation is 1. The van der Waals surface area contributed by atoms with Crippen molar-refractivity contribution in [1.82, 2.24) is 4.57 Å². The Labute approximate surface area is 159 Å². The van der Waals surface area contributed by atoms with Crippen LogP contribution in [0.25, 0.3) is 10.8 Å². The molecule has 2 N–H and O–H groups in total. The van der Waals surface area contributed by atoms with Gasteiger partial charge in [0.25, 0.3) is 5.56 Å². The van der Waals surface area contributed by atoms with Gasteiger partial charge in [0.15, 0.2) is 0 Å². The Bertz CT molecular complexity index is 1050. The quantitative estimate of drug-likeness (QED) is 0.691. The molecule has 0 saturated carbocycles. The number of carbonyl (C=O) groups excluding carboxylic acids is 1. The smallest absolute Gasteiger partial charge is 0.313 e. The van der Waals surface area contributed by atoms with E-state index in [0.29, 0.717) is 23.5 Å². The molecule has 1 aromatic heterocycles. The summed E-state index contributed by atoms with van der Waals surface area (Å²) in [6, 6.07) is 12.8. The van der Waals surface area contributed by atoms with Crippen molar-refractivity contribution in [3.63, 3.8) is 0 Å². The lowest BCUT2D eigenvalue weighted by atomic mass is 10.1. The molecule has 0 fully saturated rings. The fraction of sp³-hybridized carbons (Fsp3) is 0.273. The molecule has 27 heavy (non-hydrogen) atoms.